The number of allylic oxidation sites excluding steroid dienone is 1. The van der Waals surface area contributed by atoms with Crippen molar-refractivity contribution in [3.05, 3.63) is 65.4 Å². The van der Waals surface area contributed by atoms with E-state index in [4.69, 9.17) is 10.2 Å². The summed E-state index contributed by atoms with van der Waals surface area (Å²) in [4.78, 5) is 13.1. The summed E-state index contributed by atoms with van der Waals surface area (Å²) in [5.41, 5.74) is 4.51. The van der Waals surface area contributed by atoms with Crippen LogP contribution in [0.1, 0.15) is 48.4 Å². The molecule has 2 fully saturated rings. The van der Waals surface area contributed by atoms with Crippen LogP contribution in [0.5, 0.6) is 5.75 Å². The molecule has 0 atom stereocenters. The number of benzene rings is 2. The number of hydrogen-bond acceptors (Lipinski definition) is 5. The number of likely N-dealkylation sites (tertiary alicyclic amines) is 1. The number of rotatable bonds is 7. The van der Waals surface area contributed by atoms with Crippen molar-refractivity contribution in [3.63, 3.8) is 0 Å². The molecule has 3 heterocycles. The molecule has 5 rings (SSSR count). The number of phenolic OH excluding ortho intramolecular Hbond substituents is 1. The van der Waals surface area contributed by atoms with Crippen LogP contribution in [0, 0.1) is 5.92 Å². The summed E-state index contributed by atoms with van der Waals surface area (Å²) in [6, 6.07) is 13.9. The smallest absolute Gasteiger partial charge is 0.317 e. The second kappa shape index (κ2) is 10.6. The lowest BCUT2D eigenvalue weighted by molar-refractivity contribution is -0.138. The third-order valence-electron chi connectivity index (χ3n) is 7.35. The van der Waals surface area contributed by atoms with Crippen LogP contribution in [0.4, 0.5) is 0 Å². The van der Waals surface area contributed by atoms with E-state index >= 15 is 0 Å². The first kappa shape index (κ1) is 23.6. The highest BCUT2D eigenvalue weighted by Crippen LogP contribution is 2.33. The third-order valence-corrected chi connectivity index (χ3v) is 7.35. The van der Waals surface area contributed by atoms with Gasteiger partial charge in [0.2, 0.25) is 0 Å². The molecule has 0 saturated carbocycles. The van der Waals surface area contributed by atoms with E-state index in [1.54, 1.807) is 12.1 Å². The van der Waals surface area contributed by atoms with Gasteiger partial charge in [0, 0.05) is 11.3 Å². The van der Waals surface area contributed by atoms with Gasteiger partial charge in [-0.25, -0.2) is 0 Å². The number of nitrogens with one attached hydrogen (secondary N) is 1. The van der Waals surface area contributed by atoms with E-state index in [-0.39, 0.29) is 12.3 Å². The Morgan fingerprint density at radius 1 is 1.06 bits per heavy atom. The fraction of sp³-hybridized carbons (Fsp3) is 0.429. The van der Waals surface area contributed by atoms with Gasteiger partial charge in [-0.05, 0) is 87.1 Å². The number of carboxylic acids is 1. The quantitative estimate of drug-likeness (QED) is 0.478. The highest BCUT2D eigenvalue weighted by Gasteiger charge is 2.26. The number of aromatic hydroxyl groups is 1. The van der Waals surface area contributed by atoms with Crippen molar-refractivity contribution in [2.24, 2.45) is 5.92 Å². The van der Waals surface area contributed by atoms with Gasteiger partial charge in [-0.15, -0.1) is 0 Å². The lowest BCUT2D eigenvalue weighted by atomic mass is 9.91. The molecule has 2 aliphatic heterocycles. The molecule has 2 saturated heterocycles. The molecule has 35 heavy (non-hydrogen) atoms. The van der Waals surface area contributed by atoms with E-state index in [1.807, 2.05) is 17.0 Å². The minimum atomic E-state index is -0.767. The molecule has 184 valence electrons. The largest absolute Gasteiger partial charge is 0.508 e. The monoisotopic (exact) mass is 474 g/mol. The molecule has 7 nitrogen and oxygen atoms in total. The standard InChI is InChI=1S/C28H34N4O3/c33-24-6-3-22(4-7-24)18-32-26-17-21(2-1-20-9-13-29-14-10-20)5-8-25(26)28(30-32)23-11-15-31(16-12-23)19-27(34)35/h1-8,17,20,23,29,33H,9-16,18-19H2,(H,34,35). The number of piperidine rings is 2. The highest BCUT2D eigenvalue weighted by atomic mass is 16.4. The molecule has 3 aromatic rings. The van der Waals surface area contributed by atoms with Crippen LogP contribution in [-0.2, 0) is 11.3 Å². The van der Waals surface area contributed by atoms with E-state index in [1.165, 1.54) is 23.8 Å². The summed E-state index contributed by atoms with van der Waals surface area (Å²) in [7, 11) is 0. The van der Waals surface area contributed by atoms with Crippen molar-refractivity contribution in [1.29, 1.82) is 0 Å². The number of fused-ring (bicyclic) bond motifs is 1. The van der Waals surface area contributed by atoms with Crippen molar-refractivity contribution in [2.45, 2.75) is 38.1 Å². The number of hydrogen-bond donors (Lipinski definition) is 3. The van der Waals surface area contributed by atoms with Crippen LogP contribution >= 0.6 is 0 Å². The Bertz CT molecular complexity index is 1190. The first-order valence-corrected chi connectivity index (χ1v) is 12.7. The van der Waals surface area contributed by atoms with Gasteiger partial charge in [-0.1, -0.05) is 36.4 Å². The van der Waals surface area contributed by atoms with Crippen molar-refractivity contribution < 1.29 is 15.0 Å². The maximum Gasteiger partial charge on any atom is 0.317 e. The van der Waals surface area contributed by atoms with Crippen LogP contribution in [0.3, 0.4) is 0 Å². The summed E-state index contributed by atoms with van der Waals surface area (Å²) < 4.78 is 2.09. The van der Waals surface area contributed by atoms with Crippen molar-refractivity contribution in [2.75, 3.05) is 32.7 Å². The van der Waals surface area contributed by atoms with E-state index in [2.05, 4.69) is 40.3 Å². The van der Waals surface area contributed by atoms with Crippen LogP contribution in [0.2, 0.25) is 0 Å². The normalized spacial score (nSPS) is 18.5. The summed E-state index contributed by atoms with van der Waals surface area (Å²) in [5.74, 6) is 0.440. The summed E-state index contributed by atoms with van der Waals surface area (Å²) in [5, 5.41) is 28.5. The Hall–Kier alpha value is -3.16. The van der Waals surface area contributed by atoms with Gasteiger partial charge >= 0.3 is 5.97 Å². The molecule has 7 heteroatoms. The number of carbonyl (C=O) groups is 1. The molecule has 0 unspecified atom stereocenters. The lowest BCUT2D eigenvalue weighted by Gasteiger charge is -2.30. The highest BCUT2D eigenvalue weighted by molar-refractivity contribution is 5.85. The van der Waals surface area contributed by atoms with Crippen LogP contribution in [0.25, 0.3) is 17.0 Å². The number of aliphatic carboxylic acids is 1. The number of nitrogens with zero attached hydrogens (tertiary/aromatic N) is 3. The van der Waals surface area contributed by atoms with E-state index < -0.39 is 5.97 Å². The second-order valence-corrected chi connectivity index (χ2v) is 9.88. The first-order chi connectivity index (χ1) is 17.0. The predicted octanol–water partition coefficient (Wildman–Crippen LogP) is 4.07. The lowest BCUT2D eigenvalue weighted by Crippen LogP contribution is -2.36. The summed E-state index contributed by atoms with van der Waals surface area (Å²) in [6.07, 6.45) is 8.79. The Balaban J connectivity index is 1.43. The summed E-state index contributed by atoms with van der Waals surface area (Å²) >= 11 is 0. The fourth-order valence-electron chi connectivity index (χ4n) is 5.36. The number of aromatic nitrogens is 2. The van der Waals surface area contributed by atoms with Gasteiger partial charge in [-0.2, -0.15) is 5.10 Å². The Labute approximate surface area is 206 Å². The SMILES string of the molecule is O=C(O)CN1CCC(c2nn(Cc3ccc(O)cc3)c3cc(C=CC4CCNCC4)ccc23)CC1. The van der Waals surface area contributed by atoms with Crippen molar-refractivity contribution in [3.8, 4) is 5.75 Å². The zero-order valence-electron chi connectivity index (χ0n) is 20.1. The maximum absolute atomic E-state index is 11.1. The zero-order chi connectivity index (χ0) is 24.2. The number of phenols is 1. The molecule has 0 bridgehead atoms. The minimum absolute atomic E-state index is 0.107. The predicted molar refractivity (Wildman–Crippen MR) is 138 cm³/mol. The summed E-state index contributed by atoms with van der Waals surface area (Å²) in [6.45, 7) is 4.47. The average Bonchev–Trinajstić information content (AvgIpc) is 3.22. The Morgan fingerprint density at radius 2 is 1.80 bits per heavy atom. The first-order valence-electron chi connectivity index (χ1n) is 12.7. The molecule has 0 radical (unpaired) electrons. The average molecular weight is 475 g/mol. The minimum Gasteiger partial charge on any atom is -0.508 e. The molecular formula is C28H34N4O3. The van der Waals surface area contributed by atoms with Gasteiger partial charge in [0.25, 0.3) is 0 Å². The van der Waals surface area contributed by atoms with Gasteiger partial charge in [0.15, 0.2) is 0 Å². The van der Waals surface area contributed by atoms with Gasteiger partial charge in [0.05, 0.1) is 24.3 Å². The molecule has 0 aliphatic carbocycles. The maximum atomic E-state index is 11.1. The van der Waals surface area contributed by atoms with Crippen molar-refractivity contribution >= 4 is 22.9 Å². The van der Waals surface area contributed by atoms with Gasteiger partial charge in [0.1, 0.15) is 5.75 Å². The van der Waals surface area contributed by atoms with Crippen LogP contribution < -0.4 is 5.32 Å². The molecule has 1 aromatic heterocycles. The molecule has 2 aliphatic rings. The zero-order valence-corrected chi connectivity index (χ0v) is 20.1. The van der Waals surface area contributed by atoms with E-state index in [0.29, 0.717) is 18.4 Å². The van der Waals surface area contributed by atoms with Crippen LogP contribution in [0.15, 0.2) is 48.5 Å². The number of carboxylic acid groups (broad SMARTS) is 1. The molecule has 2 aromatic carbocycles. The van der Waals surface area contributed by atoms with Gasteiger partial charge < -0.3 is 15.5 Å². The van der Waals surface area contributed by atoms with E-state index in [9.17, 15) is 9.90 Å². The van der Waals surface area contributed by atoms with Gasteiger partial charge in [-0.3, -0.25) is 14.4 Å². The Morgan fingerprint density at radius 3 is 2.51 bits per heavy atom. The topological polar surface area (TPSA) is 90.6 Å². The van der Waals surface area contributed by atoms with E-state index in [0.717, 1.165) is 55.8 Å². The van der Waals surface area contributed by atoms with Crippen molar-refractivity contribution in [1.82, 2.24) is 20.0 Å². The molecule has 0 amide bonds. The van der Waals surface area contributed by atoms with Crippen LogP contribution in [-0.4, -0.2) is 63.6 Å². The third kappa shape index (κ3) is 5.74. The second-order valence-electron chi connectivity index (χ2n) is 9.88. The fourth-order valence-corrected chi connectivity index (χ4v) is 5.36. The Kier molecular flexibility index (Phi) is 7.16. The molecular weight excluding hydrogens is 440 g/mol. The molecule has 0 spiro atoms. The molecule has 3 N–H and O–H groups in total.